The second kappa shape index (κ2) is 13.8. The third-order valence-electron chi connectivity index (χ3n) is 4.79. The highest BCUT2D eigenvalue weighted by molar-refractivity contribution is 5.67. The van der Waals surface area contributed by atoms with Crippen molar-refractivity contribution >= 4 is 12.2 Å². The first-order chi connectivity index (χ1) is 12.1. The Hall–Kier alpha value is -1.46. The molecule has 0 radical (unpaired) electrons. The Labute approximate surface area is 152 Å². The van der Waals surface area contributed by atoms with Crippen LogP contribution in [0.5, 0.6) is 0 Å². The van der Waals surface area contributed by atoms with Crippen molar-refractivity contribution in [3.63, 3.8) is 0 Å². The van der Waals surface area contributed by atoms with E-state index in [1.807, 2.05) is 0 Å². The van der Waals surface area contributed by atoms with Crippen LogP contribution in [0.25, 0.3) is 0 Å². The largest absolute Gasteiger partial charge is 0.465 e. The van der Waals surface area contributed by atoms with Gasteiger partial charge in [-0.05, 0) is 6.42 Å². The number of unbranched alkanes of at least 4 members (excludes halogenated alkanes) is 9. The summed E-state index contributed by atoms with van der Waals surface area (Å²) < 4.78 is 5.34. The van der Waals surface area contributed by atoms with Gasteiger partial charge in [-0.3, -0.25) is 0 Å². The first-order valence-electron chi connectivity index (χ1n) is 10.1. The smallest absolute Gasteiger partial charge is 0.407 e. The zero-order valence-electron chi connectivity index (χ0n) is 15.8. The molecular weight excluding hydrogens is 320 g/mol. The number of hydrogen-bond donors (Lipinski definition) is 2. The van der Waals surface area contributed by atoms with E-state index in [9.17, 15) is 9.59 Å². The van der Waals surface area contributed by atoms with Crippen molar-refractivity contribution < 1.29 is 19.4 Å². The van der Waals surface area contributed by atoms with E-state index < -0.39 is 6.09 Å². The number of ether oxygens (including phenoxy) is 1. The molecule has 146 valence electrons. The molecule has 1 saturated heterocycles. The van der Waals surface area contributed by atoms with Gasteiger partial charge >= 0.3 is 12.2 Å². The van der Waals surface area contributed by atoms with Gasteiger partial charge < -0.3 is 20.1 Å². The van der Waals surface area contributed by atoms with Crippen molar-refractivity contribution in [1.29, 1.82) is 0 Å². The summed E-state index contributed by atoms with van der Waals surface area (Å²) in [5.41, 5.74) is 0. The number of piperidine rings is 1. The number of carbonyl (C=O) groups excluding carboxylic acids is 1. The SMILES string of the molecule is CCCCCCCCCCCCNC(=O)OC1CCN(C(=O)O)CC1. The first kappa shape index (κ1) is 21.6. The van der Waals surface area contributed by atoms with E-state index in [2.05, 4.69) is 12.2 Å². The van der Waals surface area contributed by atoms with Crippen molar-refractivity contribution in [2.75, 3.05) is 19.6 Å². The van der Waals surface area contributed by atoms with E-state index in [-0.39, 0.29) is 12.2 Å². The summed E-state index contributed by atoms with van der Waals surface area (Å²) in [7, 11) is 0. The molecule has 0 spiro atoms. The lowest BCUT2D eigenvalue weighted by Crippen LogP contribution is -2.41. The average Bonchev–Trinajstić information content (AvgIpc) is 2.60. The third kappa shape index (κ3) is 10.9. The van der Waals surface area contributed by atoms with Crippen LogP contribution in [0, 0.1) is 0 Å². The molecule has 25 heavy (non-hydrogen) atoms. The number of hydrogen-bond acceptors (Lipinski definition) is 3. The minimum absolute atomic E-state index is 0.164. The number of nitrogens with zero attached hydrogens (tertiary/aromatic N) is 1. The lowest BCUT2D eigenvalue weighted by molar-refractivity contribution is 0.0511. The number of alkyl carbamates (subject to hydrolysis) is 1. The molecule has 1 rings (SSSR count). The zero-order valence-corrected chi connectivity index (χ0v) is 15.8. The van der Waals surface area contributed by atoms with E-state index in [4.69, 9.17) is 9.84 Å². The molecule has 6 heteroatoms. The van der Waals surface area contributed by atoms with E-state index >= 15 is 0 Å². The van der Waals surface area contributed by atoms with Crippen LogP contribution in [0.2, 0.25) is 0 Å². The molecule has 0 aromatic carbocycles. The molecule has 2 amide bonds. The second-order valence-corrected chi connectivity index (χ2v) is 6.98. The summed E-state index contributed by atoms with van der Waals surface area (Å²) in [6, 6.07) is 0. The van der Waals surface area contributed by atoms with Gasteiger partial charge in [0.15, 0.2) is 0 Å². The maximum atomic E-state index is 11.7. The normalized spacial score (nSPS) is 15.2. The predicted molar refractivity (Wildman–Crippen MR) is 98.9 cm³/mol. The summed E-state index contributed by atoms with van der Waals surface area (Å²) in [6.07, 6.45) is 12.5. The molecule has 2 N–H and O–H groups in total. The lowest BCUT2D eigenvalue weighted by Gasteiger charge is -2.29. The number of amides is 2. The van der Waals surface area contributed by atoms with Crippen molar-refractivity contribution in [1.82, 2.24) is 10.2 Å². The summed E-state index contributed by atoms with van der Waals surface area (Å²) in [6.45, 7) is 3.77. The van der Waals surface area contributed by atoms with Crippen LogP contribution in [-0.2, 0) is 4.74 Å². The van der Waals surface area contributed by atoms with Gasteiger partial charge in [-0.1, -0.05) is 64.7 Å². The first-order valence-corrected chi connectivity index (χ1v) is 10.1. The molecule has 1 aliphatic rings. The Morgan fingerprint density at radius 1 is 0.960 bits per heavy atom. The minimum Gasteiger partial charge on any atom is -0.465 e. The molecular formula is C19H36N2O4. The molecule has 1 aliphatic heterocycles. The van der Waals surface area contributed by atoms with Crippen LogP contribution in [-0.4, -0.2) is 47.9 Å². The van der Waals surface area contributed by atoms with Crippen LogP contribution in [0.4, 0.5) is 9.59 Å². The van der Waals surface area contributed by atoms with Gasteiger partial charge in [0.1, 0.15) is 6.10 Å². The fourth-order valence-electron chi connectivity index (χ4n) is 3.16. The van der Waals surface area contributed by atoms with Crippen molar-refractivity contribution in [2.24, 2.45) is 0 Å². The van der Waals surface area contributed by atoms with E-state index in [0.717, 1.165) is 12.8 Å². The molecule has 0 atom stereocenters. The average molecular weight is 357 g/mol. The molecule has 0 aromatic heterocycles. The number of carbonyl (C=O) groups is 2. The van der Waals surface area contributed by atoms with Gasteiger partial charge in [-0.15, -0.1) is 0 Å². The third-order valence-corrected chi connectivity index (χ3v) is 4.79. The Kier molecular flexibility index (Phi) is 11.9. The van der Waals surface area contributed by atoms with Crippen molar-refractivity contribution in [3.8, 4) is 0 Å². The summed E-state index contributed by atoms with van der Waals surface area (Å²) in [5, 5.41) is 11.7. The summed E-state index contributed by atoms with van der Waals surface area (Å²) in [4.78, 5) is 23.9. The topological polar surface area (TPSA) is 78.9 Å². The van der Waals surface area contributed by atoms with Gasteiger partial charge in [0.05, 0.1) is 0 Å². The number of carboxylic acid groups (broad SMARTS) is 1. The van der Waals surface area contributed by atoms with Crippen LogP contribution in [0.3, 0.4) is 0 Å². The summed E-state index contributed by atoms with van der Waals surface area (Å²) in [5.74, 6) is 0. The standard InChI is InChI=1S/C19H36N2O4/c1-2-3-4-5-6-7-8-9-10-11-14-20-18(22)25-17-12-15-21(16-13-17)19(23)24/h17H,2-16H2,1H3,(H,20,22)(H,23,24). The van der Waals surface area contributed by atoms with Crippen molar-refractivity contribution in [2.45, 2.75) is 90.1 Å². The predicted octanol–water partition coefficient (Wildman–Crippen LogP) is 4.78. The van der Waals surface area contributed by atoms with E-state index in [0.29, 0.717) is 32.5 Å². The van der Waals surface area contributed by atoms with Gasteiger partial charge in [-0.2, -0.15) is 0 Å². The molecule has 1 fully saturated rings. The zero-order chi connectivity index (χ0) is 18.3. The summed E-state index contributed by atoms with van der Waals surface area (Å²) >= 11 is 0. The van der Waals surface area contributed by atoms with E-state index in [1.54, 1.807) is 0 Å². The molecule has 0 aromatic rings. The minimum atomic E-state index is -0.899. The molecule has 0 saturated carbocycles. The van der Waals surface area contributed by atoms with Gasteiger partial charge in [0.2, 0.25) is 0 Å². The van der Waals surface area contributed by atoms with Crippen molar-refractivity contribution in [3.05, 3.63) is 0 Å². The lowest BCUT2D eigenvalue weighted by atomic mass is 10.1. The number of rotatable bonds is 12. The molecule has 0 bridgehead atoms. The highest BCUT2D eigenvalue weighted by Crippen LogP contribution is 2.14. The number of likely N-dealkylation sites (tertiary alicyclic amines) is 1. The maximum Gasteiger partial charge on any atom is 0.407 e. The Morgan fingerprint density at radius 3 is 2.00 bits per heavy atom. The fraction of sp³-hybridized carbons (Fsp3) is 0.895. The van der Waals surface area contributed by atoms with Crippen LogP contribution in [0.15, 0.2) is 0 Å². The Balaban J connectivity index is 1.88. The van der Waals surface area contributed by atoms with Crippen LogP contribution in [0.1, 0.15) is 84.0 Å². The van der Waals surface area contributed by atoms with E-state index in [1.165, 1.54) is 56.3 Å². The Morgan fingerprint density at radius 2 is 1.48 bits per heavy atom. The van der Waals surface area contributed by atoms with Gasteiger partial charge in [0, 0.05) is 32.5 Å². The quantitative estimate of drug-likeness (QED) is 0.493. The number of nitrogens with one attached hydrogen (secondary N) is 1. The molecule has 0 unspecified atom stereocenters. The molecule has 6 nitrogen and oxygen atoms in total. The molecule has 0 aliphatic carbocycles. The molecule has 1 heterocycles. The van der Waals surface area contributed by atoms with Gasteiger partial charge in [-0.25, -0.2) is 9.59 Å². The highest BCUT2D eigenvalue weighted by atomic mass is 16.6. The van der Waals surface area contributed by atoms with Crippen LogP contribution >= 0.6 is 0 Å². The Bertz CT molecular complexity index is 368. The van der Waals surface area contributed by atoms with Crippen LogP contribution < -0.4 is 5.32 Å². The fourth-order valence-corrected chi connectivity index (χ4v) is 3.16. The second-order valence-electron chi connectivity index (χ2n) is 6.98. The monoisotopic (exact) mass is 356 g/mol. The highest BCUT2D eigenvalue weighted by Gasteiger charge is 2.24. The van der Waals surface area contributed by atoms with Gasteiger partial charge in [0.25, 0.3) is 0 Å². The maximum absolute atomic E-state index is 11.7.